The number of rotatable bonds is 11. The van der Waals surface area contributed by atoms with Gasteiger partial charge in [-0.15, -0.1) is 0 Å². The van der Waals surface area contributed by atoms with Crippen LogP contribution in [-0.2, 0) is 17.8 Å². The van der Waals surface area contributed by atoms with Gasteiger partial charge in [0, 0.05) is 49.4 Å². The highest BCUT2D eigenvalue weighted by Gasteiger charge is 2.16. The summed E-state index contributed by atoms with van der Waals surface area (Å²) in [6, 6.07) is 19.1. The Balaban J connectivity index is 1.71. The van der Waals surface area contributed by atoms with Crippen molar-refractivity contribution in [2.45, 2.75) is 26.4 Å². The fourth-order valence-corrected chi connectivity index (χ4v) is 3.60. The van der Waals surface area contributed by atoms with Gasteiger partial charge in [0.25, 0.3) is 0 Å². The Morgan fingerprint density at radius 3 is 2.59 bits per heavy atom. The van der Waals surface area contributed by atoms with Crippen LogP contribution in [0.3, 0.4) is 0 Å². The van der Waals surface area contributed by atoms with Crippen LogP contribution in [0.4, 0.5) is 10.5 Å². The molecule has 0 atom stereocenters. The smallest absolute Gasteiger partial charge is 0.322 e. The van der Waals surface area contributed by atoms with Gasteiger partial charge in [0.1, 0.15) is 5.75 Å². The number of nitrogens with zero attached hydrogens (tertiary/aromatic N) is 2. The summed E-state index contributed by atoms with van der Waals surface area (Å²) in [7, 11) is 1.67. The minimum atomic E-state index is -0.157. The number of hydrogen-bond acceptors (Lipinski definition) is 3. The van der Waals surface area contributed by atoms with Crippen molar-refractivity contribution < 1.29 is 14.3 Å². The van der Waals surface area contributed by atoms with Crippen LogP contribution >= 0.6 is 11.6 Å². The zero-order chi connectivity index (χ0) is 22.8. The van der Waals surface area contributed by atoms with Gasteiger partial charge in [0.2, 0.25) is 0 Å². The molecule has 3 aromatic rings. The predicted octanol–water partition coefficient (Wildman–Crippen LogP) is 5.66. The zero-order valence-corrected chi connectivity index (χ0v) is 19.3. The molecule has 7 heteroatoms. The third-order valence-electron chi connectivity index (χ3n) is 5.06. The highest BCUT2D eigenvalue weighted by molar-refractivity contribution is 6.31. The molecule has 0 bridgehead atoms. The molecule has 0 aliphatic heterocycles. The summed E-state index contributed by atoms with van der Waals surface area (Å²) < 4.78 is 12.8. The van der Waals surface area contributed by atoms with E-state index in [1.165, 1.54) is 0 Å². The highest BCUT2D eigenvalue weighted by Crippen LogP contribution is 2.19. The van der Waals surface area contributed by atoms with E-state index in [4.69, 9.17) is 21.1 Å². The number of carbonyl (C=O) groups excluding carboxylic acids is 1. The normalized spacial score (nSPS) is 10.7. The Bertz CT molecular complexity index is 988. The lowest BCUT2D eigenvalue weighted by Gasteiger charge is -2.24. The van der Waals surface area contributed by atoms with Crippen molar-refractivity contribution >= 4 is 23.3 Å². The quantitative estimate of drug-likeness (QED) is 0.379. The number of halogens is 1. The molecule has 1 heterocycles. The summed E-state index contributed by atoms with van der Waals surface area (Å²) in [4.78, 5) is 14.9. The Morgan fingerprint density at radius 2 is 1.88 bits per heavy atom. The number of carbonyl (C=O) groups is 1. The Labute approximate surface area is 194 Å². The topological polar surface area (TPSA) is 55.7 Å². The van der Waals surface area contributed by atoms with E-state index in [1.807, 2.05) is 73.8 Å². The molecule has 0 aliphatic carbocycles. The first kappa shape index (κ1) is 23.7. The van der Waals surface area contributed by atoms with E-state index in [1.54, 1.807) is 12.0 Å². The van der Waals surface area contributed by atoms with Gasteiger partial charge in [0.05, 0.1) is 13.2 Å². The van der Waals surface area contributed by atoms with Crippen LogP contribution < -0.4 is 10.1 Å². The minimum absolute atomic E-state index is 0.157. The number of benzene rings is 2. The second kappa shape index (κ2) is 12.2. The number of hydrogen-bond donors (Lipinski definition) is 1. The van der Waals surface area contributed by atoms with Crippen molar-refractivity contribution in [3.8, 4) is 5.75 Å². The second-order valence-corrected chi connectivity index (χ2v) is 7.78. The van der Waals surface area contributed by atoms with E-state index in [9.17, 15) is 4.79 Å². The molecular formula is C25H30ClN3O3. The lowest BCUT2D eigenvalue weighted by molar-refractivity contribution is 0.171. The van der Waals surface area contributed by atoms with Crippen LogP contribution in [0.25, 0.3) is 0 Å². The van der Waals surface area contributed by atoms with Crippen LogP contribution in [-0.4, -0.2) is 42.4 Å². The lowest BCUT2D eigenvalue weighted by atomic mass is 10.2. The summed E-state index contributed by atoms with van der Waals surface area (Å²) in [5.74, 6) is 0.778. The molecule has 0 spiro atoms. The molecule has 2 aromatic carbocycles. The molecule has 6 nitrogen and oxygen atoms in total. The fraction of sp³-hybridized carbons (Fsp3) is 0.320. The number of methoxy groups -OCH3 is 1. The number of ether oxygens (including phenoxy) is 2. The van der Waals surface area contributed by atoms with Gasteiger partial charge in [-0.05, 0) is 61.4 Å². The SMILES string of the molecule is CCOc1ccc(NC(=O)N(CCCOC)Cc2cccn2Cc2ccccc2Cl)cc1. The molecule has 170 valence electrons. The van der Waals surface area contributed by atoms with Crippen molar-refractivity contribution in [1.82, 2.24) is 9.47 Å². The monoisotopic (exact) mass is 455 g/mol. The predicted molar refractivity (Wildman–Crippen MR) is 129 cm³/mol. The van der Waals surface area contributed by atoms with E-state index in [0.717, 1.165) is 34.1 Å². The van der Waals surface area contributed by atoms with E-state index < -0.39 is 0 Å². The van der Waals surface area contributed by atoms with E-state index in [0.29, 0.717) is 32.8 Å². The van der Waals surface area contributed by atoms with E-state index >= 15 is 0 Å². The summed E-state index contributed by atoms with van der Waals surface area (Å²) in [6.45, 7) is 4.84. The Morgan fingerprint density at radius 1 is 1.09 bits per heavy atom. The number of aromatic nitrogens is 1. The van der Waals surface area contributed by atoms with Crippen molar-refractivity contribution in [3.05, 3.63) is 83.1 Å². The second-order valence-electron chi connectivity index (χ2n) is 7.37. The molecule has 0 fully saturated rings. The van der Waals surface area contributed by atoms with Crippen LogP contribution in [0.5, 0.6) is 5.75 Å². The number of nitrogens with one attached hydrogen (secondary N) is 1. The molecule has 1 N–H and O–H groups in total. The minimum Gasteiger partial charge on any atom is -0.494 e. The average Bonchev–Trinajstić information content (AvgIpc) is 3.23. The maximum absolute atomic E-state index is 13.1. The summed E-state index contributed by atoms with van der Waals surface area (Å²) in [6.07, 6.45) is 2.76. The third-order valence-corrected chi connectivity index (χ3v) is 5.42. The maximum atomic E-state index is 13.1. The van der Waals surface area contributed by atoms with Gasteiger partial charge >= 0.3 is 6.03 Å². The van der Waals surface area contributed by atoms with E-state index in [2.05, 4.69) is 9.88 Å². The molecule has 2 amide bonds. The number of amides is 2. The summed E-state index contributed by atoms with van der Waals surface area (Å²) in [5.41, 5.74) is 2.79. The third kappa shape index (κ3) is 6.77. The molecule has 0 unspecified atom stereocenters. The molecule has 32 heavy (non-hydrogen) atoms. The van der Waals surface area contributed by atoms with Crippen molar-refractivity contribution in [2.24, 2.45) is 0 Å². The average molecular weight is 456 g/mol. The number of urea groups is 1. The standard InChI is InChI=1S/C25H30ClN3O3/c1-3-32-23-13-11-21(12-14-23)27-25(30)29(16-7-17-31-2)19-22-9-6-15-28(22)18-20-8-4-5-10-24(20)26/h4-6,8-15H,3,7,16-19H2,1-2H3,(H,27,30). The molecule has 0 saturated heterocycles. The highest BCUT2D eigenvalue weighted by atomic mass is 35.5. The van der Waals surface area contributed by atoms with Crippen molar-refractivity contribution in [2.75, 3.05) is 32.2 Å². The van der Waals surface area contributed by atoms with Gasteiger partial charge in [-0.25, -0.2) is 4.79 Å². The largest absolute Gasteiger partial charge is 0.494 e. The zero-order valence-electron chi connectivity index (χ0n) is 18.6. The molecule has 0 aliphatic rings. The maximum Gasteiger partial charge on any atom is 0.322 e. The number of anilines is 1. The first-order valence-electron chi connectivity index (χ1n) is 10.8. The summed E-state index contributed by atoms with van der Waals surface area (Å²) >= 11 is 6.34. The molecular weight excluding hydrogens is 426 g/mol. The van der Waals surface area contributed by atoms with Gasteiger partial charge < -0.3 is 24.3 Å². The van der Waals surface area contributed by atoms with Gasteiger partial charge in [-0.2, -0.15) is 0 Å². The molecule has 3 rings (SSSR count). The van der Waals surface area contributed by atoms with E-state index in [-0.39, 0.29) is 6.03 Å². The first-order valence-corrected chi connectivity index (χ1v) is 11.1. The van der Waals surface area contributed by atoms with Crippen molar-refractivity contribution in [1.29, 1.82) is 0 Å². The molecule has 0 saturated carbocycles. The van der Waals surface area contributed by atoms with Crippen LogP contribution in [0, 0.1) is 0 Å². The Kier molecular flexibility index (Phi) is 9.01. The van der Waals surface area contributed by atoms with Crippen LogP contribution in [0.1, 0.15) is 24.6 Å². The Hall–Kier alpha value is -2.96. The van der Waals surface area contributed by atoms with Gasteiger partial charge in [-0.3, -0.25) is 0 Å². The van der Waals surface area contributed by atoms with Crippen LogP contribution in [0.2, 0.25) is 5.02 Å². The molecule has 1 aromatic heterocycles. The molecule has 0 radical (unpaired) electrons. The first-order chi connectivity index (χ1) is 15.6. The van der Waals surface area contributed by atoms with Crippen molar-refractivity contribution in [3.63, 3.8) is 0 Å². The summed E-state index contributed by atoms with van der Waals surface area (Å²) in [5, 5.41) is 3.72. The fourth-order valence-electron chi connectivity index (χ4n) is 3.41. The van der Waals surface area contributed by atoms with Gasteiger partial charge in [0.15, 0.2) is 0 Å². The van der Waals surface area contributed by atoms with Crippen LogP contribution in [0.15, 0.2) is 66.9 Å². The van der Waals surface area contributed by atoms with Gasteiger partial charge in [-0.1, -0.05) is 29.8 Å². The lowest BCUT2D eigenvalue weighted by Crippen LogP contribution is -2.36.